The molecule has 0 aliphatic heterocycles. The molecule has 80 valence electrons. The molecule has 0 atom stereocenters. The molecule has 0 saturated heterocycles. The van der Waals surface area contributed by atoms with Gasteiger partial charge in [-0.05, 0) is 31.5 Å². The summed E-state index contributed by atoms with van der Waals surface area (Å²) in [4.78, 5) is 21.0. The number of carbonyl (C=O) groups excluding carboxylic acids is 1. The highest BCUT2D eigenvalue weighted by atomic mass is 16.6. The number of nitro groups is 1. The SMILES string of the molecule is CC(=O)Oc1cc(C)cc(C)c1[N+](=O)[O-]. The van der Waals surface area contributed by atoms with Gasteiger partial charge in [0.15, 0.2) is 0 Å². The third kappa shape index (κ3) is 2.52. The molecule has 0 aliphatic rings. The minimum atomic E-state index is -0.567. The zero-order valence-corrected chi connectivity index (χ0v) is 8.73. The topological polar surface area (TPSA) is 69.4 Å². The lowest BCUT2D eigenvalue weighted by atomic mass is 10.1. The molecule has 5 heteroatoms. The number of hydrogen-bond donors (Lipinski definition) is 0. The lowest BCUT2D eigenvalue weighted by molar-refractivity contribution is -0.386. The molecular formula is C10H11NO4. The summed E-state index contributed by atoms with van der Waals surface area (Å²) in [7, 11) is 0. The zero-order chi connectivity index (χ0) is 11.6. The maximum atomic E-state index is 10.8. The van der Waals surface area contributed by atoms with Crippen LogP contribution in [-0.4, -0.2) is 10.9 Å². The lowest BCUT2D eigenvalue weighted by Crippen LogP contribution is -2.05. The van der Waals surface area contributed by atoms with Crippen molar-refractivity contribution in [1.29, 1.82) is 0 Å². The normalized spacial score (nSPS) is 9.80. The van der Waals surface area contributed by atoms with Crippen LogP contribution in [0.2, 0.25) is 0 Å². The number of hydrogen-bond acceptors (Lipinski definition) is 4. The van der Waals surface area contributed by atoms with Gasteiger partial charge in [0.1, 0.15) is 0 Å². The van der Waals surface area contributed by atoms with Crippen molar-refractivity contribution in [2.24, 2.45) is 0 Å². The average molecular weight is 209 g/mol. The summed E-state index contributed by atoms with van der Waals surface area (Å²) in [6.45, 7) is 4.60. The fourth-order valence-corrected chi connectivity index (χ4v) is 1.39. The van der Waals surface area contributed by atoms with Crippen LogP contribution in [0.5, 0.6) is 5.75 Å². The predicted octanol–water partition coefficient (Wildman–Crippen LogP) is 2.14. The number of aryl methyl sites for hydroxylation is 2. The molecular weight excluding hydrogens is 198 g/mol. The summed E-state index contributed by atoms with van der Waals surface area (Å²) < 4.78 is 4.79. The van der Waals surface area contributed by atoms with Crippen LogP contribution in [0.3, 0.4) is 0 Å². The van der Waals surface area contributed by atoms with Gasteiger partial charge in [0.2, 0.25) is 5.75 Å². The minimum absolute atomic E-state index is 0.00463. The molecule has 0 saturated carbocycles. The Kier molecular flexibility index (Phi) is 3.04. The summed E-state index contributed by atoms with van der Waals surface area (Å²) in [5.74, 6) is -0.562. The van der Waals surface area contributed by atoms with Gasteiger partial charge in [0.05, 0.1) is 4.92 Å². The average Bonchev–Trinajstić information content (AvgIpc) is 1.99. The molecule has 0 radical (unpaired) electrons. The van der Waals surface area contributed by atoms with E-state index < -0.39 is 10.9 Å². The van der Waals surface area contributed by atoms with Crippen molar-refractivity contribution in [2.75, 3.05) is 0 Å². The van der Waals surface area contributed by atoms with Crippen molar-refractivity contribution in [3.8, 4) is 5.75 Å². The Bertz CT molecular complexity index is 426. The fourth-order valence-electron chi connectivity index (χ4n) is 1.39. The van der Waals surface area contributed by atoms with Gasteiger partial charge in [0, 0.05) is 12.5 Å². The van der Waals surface area contributed by atoms with Gasteiger partial charge in [-0.1, -0.05) is 0 Å². The molecule has 0 N–H and O–H groups in total. The molecule has 0 amide bonds. The second-order valence-corrected chi connectivity index (χ2v) is 3.28. The third-order valence-corrected chi connectivity index (χ3v) is 1.85. The van der Waals surface area contributed by atoms with Gasteiger partial charge in [-0.3, -0.25) is 14.9 Å². The minimum Gasteiger partial charge on any atom is -0.419 e. The Morgan fingerprint density at radius 1 is 1.40 bits per heavy atom. The quantitative estimate of drug-likeness (QED) is 0.324. The Morgan fingerprint density at radius 3 is 2.47 bits per heavy atom. The largest absolute Gasteiger partial charge is 0.419 e. The molecule has 0 spiro atoms. The van der Waals surface area contributed by atoms with E-state index in [1.807, 2.05) is 0 Å². The summed E-state index contributed by atoms with van der Waals surface area (Å²) in [6, 6.07) is 3.15. The van der Waals surface area contributed by atoms with Crippen molar-refractivity contribution in [2.45, 2.75) is 20.8 Å². The molecule has 15 heavy (non-hydrogen) atoms. The Labute approximate surface area is 86.8 Å². The molecule has 0 fully saturated rings. The highest BCUT2D eigenvalue weighted by Gasteiger charge is 2.20. The molecule has 0 aromatic heterocycles. The van der Waals surface area contributed by atoms with Crippen LogP contribution in [0.25, 0.3) is 0 Å². The number of nitrogens with zero attached hydrogens (tertiary/aromatic N) is 1. The van der Waals surface area contributed by atoms with Crippen molar-refractivity contribution in [3.05, 3.63) is 33.4 Å². The number of ether oxygens (including phenoxy) is 1. The lowest BCUT2D eigenvalue weighted by Gasteiger charge is -2.06. The molecule has 0 bridgehead atoms. The first-order valence-electron chi connectivity index (χ1n) is 4.36. The van der Waals surface area contributed by atoms with Crippen LogP contribution in [0.1, 0.15) is 18.1 Å². The molecule has 1 rings (SSSR count). The molecule has 1 aromatic rings. The first-order chi connectivity index (χ1) is 6.91. The van der Waals surface area contributed by atoms with Gasteiger partial charge >= 0.3 is 11.7 Å². The smallest absolute Gasteiger partial charge is 0.314 e. The predicted molar refractivity (Wildman–Crippen MR) is 53.9 cm³/mol. The monoisotopic (exact) mass is 209 g/mol. The van der Waals surface area contributed by atoms with Gasteiger partial charge in [-0.25, -0.2) is 0 Å². The Morgan fingerprint density at radius 2 is 2.00 bits per heavy atom. The van der Waals surface area contributed by atoms with Crippen molar-refractivity contribution >= 4 is 11.7 Å². The van der Waals surface area contributed by atoms with E-state index >= 15 is 0 Å². The first kappa shape index (κ1) is 11.2. The van der Waals surface area contributed by atoms with Crippen LogP contribution in [0, 0.1) is 24.0 Å². The second kappa shape index (κ2) is 4.08. The number of carbonyl (C=O) groups is 1. The van der Waals surface area contributed by atoms with Crippen LogP contribution in [0.15, 0.2) is 12.1 Å². The maximum Gasteiger partial charge on any atom is 0.314 e. The number of esters is 1. The molecule has 0 heterocycles. The Hall–Kier alpha value is -1.91. The van der Waals surface area contributed by atoms with Crippen molar-refractivity contribution in [1.82, 2.24) is 0 Å². The molecule has 0 unspecified atom stereocenters. The first-order valence-corrected chi connectivity index (χ1v) is 4.36. The standard InChI is InChI=1S/C10H11NO4/c1-6-4-7(2)10(11(13)14)9(5-6)15-8(3)12/h4-5H,1-3H3. The maximum absolute atomic E-state index is 10.8. The van der Waals surface area contributed by atoms with Crippen LogP contribution in [-0.2, 0) is 4.79 Å². The number of rotatable bonds is 2. The molecule has 1 aromatic carbocycles. The van der Waals surface area contributed by atoms with E-state index in [4.69, 9.17) is 4.74 Å². The highest BCUT2D eigenvalue weighted by Crippen LogP contribution is 2.31. The van der Waals surface area contributed by atoms with Crippen molar-refractivity contribution in [3.63, 3.8) is 0 Å². The zero-order valence-electron chi connectivity index (χ0n) is 8.73. The highest BCUT2D eigenvalue weighted by molar-refractivity contribution is 5.72. The van der Waals surface area contributed by atoms with E-state index in [0.29, 0.717) is 5.56 Å². The summed E-state index contributed by atoms with van der Waals surface area (Å²) in [6.07, 6.45) is 0. The number of nitro benzene ring substituents is 1. The van der Waals surface area contributed by atoms with E-state index in [-0.39, 0.29) is 11.4 Å². The third-order valence-electron chi connectivity index (χ3n) is 1.85. The van der Waals surface area contributed by atoms with Gasteiger partial charge < -0.3 is 4.74 Å². The second-order valence-electron chi connectivity index (χ2n) is 3.28. The van der Waals surface area contributed by atoms with Gasteiger partial charge in [-0.2, -0.15) is 0 Å². The van der Waals surface area contributed by atoms with E-state index in [9.17, 15) is 14.9 Å². The fraction of sp³-hybridized carbons (Fsp3) is 0.300. The van der Waals surface area contributed by atoms with Crippen LogP contribution < -0.4 is 4.74 Å². The summed E-state index contributed by atoms with van der Waals surface area (Å²) in [5, 5.41) is 10.7. The van der Waals surface area contributed by atoms with Crippen LogP contribution in [0.4, 0.5) is 5.69 Å². The van der Waals surface area contributed by atoms with Gasteiger partial charge in [0.25, 0.3) is 0 Å². The molecule has 5 nitrogen and oxygen atoms in total. The van der Waals surface area contributed by atoms with Crippen molar-refractivity contribution < 1.29 is 14.5 Å². The van der Waals surface area contributed by atoms with E-state index in [0.717, 1.165) is 5.56 Å². The number of benzene rings is 1. The molecule has 0 aliphatic carbocycles. The Balaban J connectivity index is 3.33. The van der Waals surface area contributed by atoms with E-state index in [1.165, 1.54) is 13.0 Å². The van der Waals surface area contributed by atoms with E-state index in [2.05, 4.69) is 0 Å². The van der Waals surface area contributed by atoms with E-state index in [1.54, 1.807) is 19.9 Å². The summed E-state index contributed by atoms with van der Waals surface area (Å²) >= 11 is 0. The van der Waals surface area contributed by atoms with Crippen LogP contribution >= 0.6 is 0 Å². The van der Waals surface area contributed by atoms with Gasteiger partial charge in [-0.15, -0.1) is 0 Å². The summed E-state index contributed by atoms with van der Waals surface area (Å²) in [5.41, 5.74) is 1.14.